The molecule has 0 fully saturated rings. The van der Waals surface area contributed by atoms with Gasteiger partial charge in [-0.15, -0.1) is 0 Å². The highest BCUT2D eigenvalue weighted by molar-refractivity contribution is 5.83. The van der Waals surface area contributed by atoms with E-state index in [9.17, 15) is 5.11 Å². The molecular formula is C14H17NO2. The highest BCUT2D eigenvalue weighted by Crippen LogP contribution is 2.24. The van der Waals surface area contributed by atoms with E-state index in [-0.39, 0.29) is 6.61 Å². The van der Waals surface area contributed by atoms with E-state index in [1.165, 1.54) is 0 Å². The number of rotatable bonds is 3. The van der Waals surface area contributed by atoms with Crippen molar-refractivity contribution in [3.05, 3.63) is 41.1 Å². The van der Waals surface area contributed by atoms with Crippen LogP contribution in [0.3, 0.4) is 0 Å². The second kappa shape index (κ2) is 4.82. The van der Waals surface area contributed by atoms with Crippen LogP contribution >= 0.6 is 0 Å². The molecule has 90 valence electrons. The van der Waals surface area contributed by atoms with Crippen LogP contribution in [-0.4, -0.2) is 21.8 Å². The Labute approximate surface area is 101 Å². The number of aryl methyl sites for hydroxylation is 2. The van der Waals surface area contributed by atoms with Crippen LogP contribution in [0.4, 0.5) is 0 Å². The molecule has 2 N–H and O–H groups in total. The lowest BCUT2D eigenvalue weighted by Gasteiger charge is -2.12. The fourth-order valence-electron chi connectivity index (χ4n) is 2.09. The summed E-state index contributed by atoms with van der Waals surface area (Å²) in [5, 5.41) is 19.8. The van der Waals surface area contributed by atoms with Crippen molar-refractivity contribution in [3.63, 3.8) is 0 Å². The largest absolute Gasteiger partial charge is 0.393 e. The van der Waals surface area contributed by atoms with E-state index in [0.29, 0.717) is 5.56 Å². The average Bonchev–Trinajstić information content (AvgIpc) is 2.36. The topological polar surface area (TPSA) is 53.4 Å². The number of hydrogen-bond acceptors (Lipinski definition) is 3. The van der Waals surface area contributed by atoms with Crippen LogP contribution in [0.1, 0.15) is 29.8 Å². The first kappa shape index (κ1) is 12.0. The van der Waals surface area contributed by atoms with Gasteiger partial charge in [0.2, 0.25) is 0 Å². The Kier molecular flexibility index (Phi) is 3.41. The van der Waals surface area contributed by atoms with Gasteiger partial charge in [-0.25, -0.2) is 0 Å². The van der Waals surface area contributed by atoms with E-state index in [0.717, 1.165) is 28.6 Å². The molecule has 0 spiro atoms. The van der Waals surface area contributed by atoms with Crippen LogP contribution in [0.15, 0.2) is 24.3 Å². The molecule has 2 aromatic rings. The molecule has 0 aliphatic rings. The fourth-order valence-corrected chi connectivity index (χ4v) is 2.09. The zero-order valence-electron chi connectivity index (χ0n) is 10.1. The summed E-state index contributed by atoms with van der Waals surface area (Å²) in [5.41, 5.74) is 3.68. The maximum absolute atomic E-state index is 9.77. The summed E-state index contributed by atoms with van der Waals surface area (Å²) in [6.45, 7) is 3.82. The van der Waals surface area contributed by atoms with Gasteiger partial charge in [0.15, 0.2) is 0 Å². The normalized spacial score (nSPS) is 12.9. The molecule has 1 aromatic heterocycles. The number of para-hydroxylation sites is 1. The van der Waals surface area contributed by atoms with Gasteiger partial charge in [-0.2, -0.15) is 0 Å². The first-order chi connectivity index (χ1) is 8.17. The first-order valence-corrected chi connectivity index (χ1v) is 5.85. The number of aliphatic hydroxyl groups excluding tert-OH is 2. The SMILES string of the molecule is CCc1nc2c([C@H](O)CO)cccc2cc1C. The van der Waals surface area contributed by atoms with Crippen LogP contribution in [-0.2, 0) is 6.42 Å². The number of nitrogens with zero attached hydrogens (tertiary/aromatic N) is 1. The first-order valence-electron chi connectivity index (χ1n) is 5.85. The third kappa shape index (κ3) is 2.16. The predicted molar refractivity (Wildman–Crippen MR) is 67.9 cm³/mol. The zero-order chi connectivity index (χ0) is 12.4. The van der Waals surface area contributed by atoms with E-state index in [1.807, 2.05) is 25.1 Å². The summed E-state index contributed by atoms with van der Waals surface area (Å²) in [5.74, 6) is 0. The molecule has 2 rings (SSSR count). The van der Waals surface area contributed by atoms with E-state index in [4.69, 9.17) is 5.11 Å². The van der Waals surface area contributed by atoms with Crippen molar-refractivity contribution in [1.29, 1.82) is 0 Å². The van der Waals surface area contributed by atoms with Crippen molar-refractivity contribution >= 4 is 10.9 Å². The number of aromatic nitrogens is 1. The summed E-state index contributed by atoms with van der Waals surface area (Å²) < 4.78 is 0. The smallest absolute Gasteiger partial charge is 0.104 e. The Morgan fingerprint density at radius 1 is 1.35 bits per heavy atom. The van der Waals surface area contributed by atoms with Gasteiger partial charge >= 0.3 is 0 Å². The maximum atomic E-state index is 9.77. The molecule has 1 aromatic carbocycles. The van der Waals surface area contributed by atoms with Gasteiger partial charge in [0, 0.05) is 16.6 Å². The standard InChI is InChI=1S/C14H17NO2/c1-3-12-9(2)7-10-5-4-6-11(13(17)8-16)14(10)15-12/h4-7,13,16-17H,3,8H2,1-2H3/t13-/m1/s1. The minimum absolute atomic E-state index is 0.282. The Morgan fingerprint density at radius 2 is 2.12 bits per heavy atom. The molecule has 0 saturated carbocycles. The Hall–Kier alpha value is -1.45. The number of aliphatic hydroxyl groups is 2. The van der Waals surface area contributed by atoms with Crippen LogP contribution in [0.5, 0.6) is 0 Å². The number of benzene rings is 1. The van der Waals surface area contributed by atoms with Gasteiger partial charge in [0.1, 0.15) is 6.10 Å². The van der Waals surface area contributed by atoms with Crippen molar-refractivity contribution < 1.29 is 10.2 Å². The lowest BCUT2D eigenvalue weighted by Crippen LogP contribution is -2.05. The number of fused-ring (bicyclic) bond motifs is 1. The van der Waals surface area contributed by atoms with Crippen molar-refractivity contribution in [3.8, 4) is 0 Å². The van der Waals surface area contributed by atoms with Gasteiger partial charge in [-0.1, -0.05) is 25.1 Å². The summed E-state index contributed by atoms with van der Waals surface area (Å²) in [4.78, 5) is 4.59. The molecule has 0 amide bonds. The predicted octanol–water partition coefficient (Wildman–Crippen LogP) is 2.13. The Morgan fingerprint density at radius 3 is 2.76 bits per heavy atom. The van der Waals surface area contributed by atoms with Gasteiger partial charge in [-0.3, -0.25) is 4.98 Å². The molecule has 3 nitrogen and oxygen atoms in total. The summed E-state index contributed by atoms with van der Waals surface area (Å²) >= 11 is 0. The summed E-state index contributed by atoms with van der Waals surface area (Å²) in [7, 11) is 0. The van der Waals surface area contributed by atoms with Crippen molar-refractivity contribution in [2.45, 2.75) is 26.4 Å². The molecule has 0 unspecified atom stereocenters. The van der Waals surface area contributed by atoms with E-state index >= 15 is 0 Å². The number of hydrogen-bond donors (Lipinski definition) is 2. The molecule has 1 heterocycles. The van der Waals surface area contributed by atoms with Gasteiger partial charge < -0.3 is 10.2 Å². The molecule has 0 bridgehead atoms. The molecule has 0 saturated heterocycles. The molecular weight excluding hydrogens is 214 g/mol. The molecule has 17 heavy (non-hydrogen) atoms. The lowest BCUT2D eigenvalue weighted by molar-refractivity contribution is 0.0966. The Balaban J connectivity index is 2.70. The van der Waals surface area contributed by atoms with E-state index < -0.39 is 6.10 Å². The van der Waals surface area contributed by atoms with Crippen molar-refractivity contribution in [1.82, 2.24) is 4.98 Å². The highest BCUT2D eigenvalue weighted by Gasteiger charge is 2.12. The molecule has 0 aliphatic carbocycles. The molecule has 0 radical (unpaired) electrons. The van der Waals surface area contributed by atoms with Crippen LogP contribution in [0, 0.1) is 6.92 Å². The number of pyridine rings is 1. The average molecular weight is 231 g/mol. The monoisotopic (exact) mass is 231 g/mol. The van der Waals surface area contributed by atoms with Crippen molar-refractivity contribution in [2.24, 2.45) is 0 Å². The van der Waals surface area contributed by atoms with Crippen LogP contribution in [0.2, 0.25) is 0 Å². The van der Waals surface area contributed by atoms with Crippen molar-refractivity contribution in [2.75, 3.05) is 6.61 Å². The van der Waals surface area contributed by atoms with Gasteiger partial charge in [0.05, 0.1) is 12.1 Å². The van der Waals surface area contributed by atoms with Crippen LogP contribution in [0.25, 0.3) is 10.9 Å². The summed E-state index contributed by atoms with van der Waals surface area (Å²) in [6.07, 6.45) is 0.00400. The molecule has 3 heteroatoms. The molecule has 0 aliphatic heterocycles. The van der Waals surface area contributed by atoms with E-state index in [2.05, 4.69) is 18.0 Å². The van der Waals surface area contributed by atoms with E-state index in [1.54, 1.807) is 0 Å². The third-order valence-corrected chi connectivity index (χ3v) is 3.04. The summed E-state index contributed by atoms with van der Waals surface area (Å²) in [6, 6.07) is 7.74. The lowest BCUT2D eigenvalue weighted by atomic mass is 10.0. The molecule has 1 atom stereocenters. The third-order valence-electron chi connectivity index (χ3n) is 3.04. The fraction of sp³-hybridized carbons (Fsp3) is 0.357. The van der Waals surface area contributed by atoms with Crippen LogP contribution < -0.4 is 0 Å². The quantitative estimate of drug-likeness (QED) is 0.850. The maximum Gasteiger partial charge on any atom is 0.104 e. The Bertz CT molecular complexity index is 537. The second-order valence-corrected chi connectivity index (χ2v) is 4.22. The highest BCUT2D eigenvalue weighted by atomic mass is 16.3. The van der Waals surface area contributed by atoms with Gasteiger partial charge in [-0.05, 0) is 25.0 Å². The second-order valence-electron chi connectivity index (χ2n) is 4.22. The van der Waals surface area contributed by atoms with Gasteiger partial charge in [0.25, 0.3) is 0 Å². The minimum Gasteiger partial charge on any atom is -0.393 e. The minimum atomic E-state index is -0.862. The zero-order valence-corrected chi connectivity index (χ0v) is 10.1.